The van der Waals surface area contributed by atoms with E-state index in [1.807, 2.05) is 0 Å². The maximum Gasteiger partial charge on any atom is 0.00668 e. The summed E-state index contributed by atoms with van der Waals surface area (Å²) in [5.41, 5.74) is 0. The highest BCUT2D eigenvalue weighted by Crippen LogP contribution is 2.32. The van der Waals surface area contributed by atoms with E-state index in [0.717, 1.165) is 17.9 Å². The molecule has 3 atom stereocenters. The lowest BCUT2D eigenvalue weighted by atomic mass is 9.76. The Morgan fingerprint density at radius 2 is 2.08 bits per heavy atom. The van der Waals surface area contributed by atoms with Gasteiger partial charge in [-0.3, -0.25) is 0 Å². The molecule has 1 N–H and O–H groups in total. The van der Waals surface area contributed by atoms with E-state index < -0.39 is 0 Å². The molecule has 0 aromatic rings. The molecule has 0 amide bonds. The van der Waals surface area contributed by atoms with Crippen LogP contribution in [0.2, 0.25) is 0 Å². The van der Waals surface area contributed by atoms with Crippen molar-refractivity contribution < 1.29 is 0 Å². The minimum atomic E-state index is 0.799. The van der Waals surface area contributed by atoms with Crippen molar-refractivity contribution in [3.63, 3.8) is 0 Å². The van der Waals surface area contributed by atoms with Crippen LogP contribution in [0.15, 0.2) is 0 Å². The largest absolute Gasteiger partial charge is 0.317 e. The van der Waals surface area contributed by atoms with Crippen molar-refractivity contribution in [2.24, 2.45) is 11.8 Å². The van der Waals surface area contributed by atoms with Crippen molar-refractivity contribution in [3.8, 4) is 0 Å². The fraction of sp³-hybridized carbons (Fsp3) is 1.00. The average Bonchev–Trinajstić information content (AvgIpc) is 2.09. The molecule has 0 radical (unpaired) electrons. The van der Waals surface area contributed by atoms with Gasteiger partial charge in [-0.05, 0) is 38.1 Å². The van der Waals surface area contributed by atoms with E-state index in [1.165, 1.54) is 32.1 Å². The molecule has 1 fully saturated rings. The van der Waals surface area contributed by atoms with Crippen LogP contribution in [0.4, 0.5) is 0 Å². The fourth-order valence-electron chi connectivity index (χ4n) is 2.52. The summed E-state index contributed by atoms with van der Waals surface area (Å²) in [5.74, 6) is 1.95. The highest BCUT2D eigenvalue weighted by atomic mass is 14.9. The molecular formula is C11H23N. The molecule has 0 heterocycles. The van der Waals surface area contributed by atoms with Gasteiger partial charge in [-0.1, -0.05) is 26.7 Å². The number of hydrogen-bond donors (Lipinski definition) is 1. The third-order valence-corrected chi connectivity index (χ3v) is 3.41. The van der Waals surface area contributed by atoms with Crippen LogP contribution < -0.4 is 5.32 Å². The summed E-state index contributed by atoms with van der Waals surface area (Å²) in [6, 6.07) is 0.799. The van der Waals surface area contributed by atoms with E-state index in [0.29, 0.717) is 0 Å². The van der Waals surface area contributed by atoms with E-state index in [2.05, 4.69) is 26.2 Å². The Kier molecular flexibility index (Phi) is 4.07. The molecule has 0 bridgehead atoms. The van der Waals surface area contributed by atoms with E-state index in [9.17, 15) is 0 Å². The van der Waals surface area contributed by atoms with Crippen LogP contribution in [0, 0.1) is 11.8 Å². The molecule has 1 aliphatic carbocycles. The molecule has 3 unspecified atom stereocenters. The van der Waals surface area contributed by atoms with E-state index in [-0.39, 0.29) is 0 Å². The van der Waals surface area contributed by atoms with Gasteiger partial charge in [0.2, 0.25) is 0 Å². The minimum Gasteiger partial charge on any atom is -0.317 e. The predicted molar refractivity (Wildman–Crippen MR) is 54.3 cm³/mol. The summed E-state index contributed by atoms with van der Waals surface area (Å²) in [4.78, 5) is 0. The van der Waals surface area contributed by atoms with Gasteiger partial charge < -0.3 is 5.32 Å². The second-order valence-electron chi connectivity index (χ2n) is 4.32. The molecule has 0 aromatic heterocycles. The van der Waals surface area contributed by atoms with Crippen LogP contribution >= 0.6 is 0 Å². The molecule has 12 heavy (non-hydrogen) atoms. The lowest BCUT2D eigenvalue weighted by Crippen LogP contribution is -2.34. The van der Waals surface area contributed by atoms with Crippen LogP contribution in [0.5, 0.6) is 0 Å². The number of hydrogen-bond acceptors (Lipinski definition) is 1. The first kappa shape index (κ1) is 10.0. The summed E-state index contributed by atoms with van der Waals surface area (Å²) in [5, 5.41) is 3.40. The monoisotopic (exact) mass is 169 g/mol. The smallest absolute Gasteiger partial charge is 0.00668 e. The van der Waals surface area contributed by atoms with Crippen molar-refractivity contribution in [1.29, 1.82) is 0 Å². The topological polar surface area (TPSA) is 12.0 Å². The van der Waals surface area contributed by atoms with Gasteiger partial charge in [0.25, 0.3) is 0 Å². The molecule has 0 spiro atoms. The van der Waals surface area contributed by atoms with Crippen LogP contribution in [-0.2, 0) is 0 Å². The Morgan fingerprint density at radius 3 is 2.58 bits per heavy atom. The van der Waals surface area contributed by atoms with Gasteiger partial charge in [-0.25, -0.2) is 0 Å². The number of nitrogens with one attached hydrogen (secondary N) is 1. The summed E-state index contributed by atoms with van der Waals surface area (Å²) in [7, 11) is 2.09. The molecular weight excluding hydrogens is 146 g/mol. The van der Waals surface area contributed by atoms with Crippen LogP contribution in [0.3, 0.4) is 0 Å². The van der Waals surface area contributed by atoms with Gasteiger partial charge in [0, 0.05) is 6.04 Å². The lowest BCUT2D eigenvalue weighted by molar-refractivity contribution is 0.205. The van der Waals surface area contributed by atoms with Gasteiger partial charge in [0.15, 0.2) is 0 Å². The normalized spacial score (nSPS) is 36.8. The van der Waals surface area contributed by atoms with Gasteiger partial charge in [-0.2, -0.15) is 0 Å². The van der Waals surface area contributed by atoms with Crippen molar-refractivity contribution >= 4 is 0 Å². The fourth-order valence-corrected chi connectivity index (χ4v) is 2.52. The second kappa shape index (κ2) is 4.86. The Labute approximate surface area is 76.9 Å². The van der Waals surface area contributed by atoms with Gasteiger partial charge in [0.1, 0.15) is 0 Å². The lowest BCUT2D eigenvalue weighted by Gasteiger charge is -2.33. The molecule has 1 nitrogen and oxygen atoms in total. The first-order valence-electron chi connectivity index (χ1n) is 5.45. The molecule has 0 aromatic carbocycles. The Balaban J connectivity index is 2.31. The van der Waals surface area contributed by atoms with Gasteiger partial charge in [-0.15, -0.1) is 0 Å². The summed E-state index contributed by atoms with van der Waals surface area (Å²) >= 11 is 0. The molecule has 1 saturated carbocycles. The van der Waals surface area contributed by atoms with E-state index in [1.54, 1.807) is 0 Å². The van der Waals surface area contributed by atoms with Gasteiger partial charge in [0.05, 0.1) is 0 Å². The molecule has 1 rings (SSSR count). The second-order valence-corrected chi connectivity index (χ2v) is 4.32. The third-order valence-electron chi connectivity index (χ3n) is 3.41. The highest BCUT2D eigenvalue weighted by molar-refractivity contribution is 4.80. The quantitative estimate of drug-likeness (QED) is 0.685. The van der Waals surface area contributed by atoms with Crippen molar-refractivity contribution in [1.82, 2.24) is 5.32 Å². The SMILES string of the molecule is CCCC1CCC(NC)CC1C. The highest BCUT2D eigenvalue weighted by Gasteiger charge is 2.25. The van der Waals surface area contributed by atoms with Crippen LogP contribution in [-0.4, -0.2) is 13.1 Å². The zero-order chi connectivity index (χ0) is 8.97. The molecule has 1 aliphatic rings. The molecule has 72 valence electrons. The van der Waals surface area contributed by atoms with Crippen molar-refractivity contribution in [2.45, 2.75) is 52.0 Å². The standard InChI is InChI=1S/C11H23N/c1-4-5-10-6-7-11(12-3)8-9(10)2/h9-12H,4-8H2,1-3H3. The zero-order valence-corrected chi connectivity index (χ0v) is 8.77. The summed E-state index contributed by atoms with van der Waals surface area (Å²) in [6.07, 6.45) is 7.03. The molecule has 0 saturated heterocycles. The predicted octanol–water partition coefficient (Wildman–Crippen LogP) is 2.81. The first-order valence-corrected chi connectivity index (χ1v) is 5.45. The average molecular weight is 169 g/mol. The van der Waals surface area contributed by atoms with Crippen molar-refractivity contribution in [2.75, 3.05) is 7.05 Å². The Hall–Kier alpha value is -0.0400. The summed E-state index contributed by atoms with van der Waals surface area (Å²) < 4.78 is 0. The van der Waals surface area contributed by atoms with E-state index >= 15 is 0 Å². The molecule has 0 aliphatic heterocycles. The van der Waals surface area contributed by atoms with Gasteiger partial charge >= 0.3 is 0 Å². The Bertz CT molecular complexity index is 122. The van der Waals surface area contributed by atoms with E-state index in [4.69, 9.17) is 0 Å². The maximum atomic E-state index is 3.40. The first-order chi connectivity index (χ1) is 5.77. The summed E-state index contributed by atoms with van der Waals surface area (Å²) in [6.45, 7) is 4.72. The van der Waals surface area contributed by atoms with Crippen LogP contribution in [0.1, 0.15) is 46.0 Å². The third kappa shape index (κ3) is 2.48. The Morgan fingerprint density at radius 1 is 1.33 bits per heavy atom. The van der Waals surface area contributed by atoms with Crippen LogP contribution in [0.25, 0.3) is 0 Å². The molecule has 1 heteroatoms. The van der Waals surface area contributed by atoms with Crippen molar-refractivity contribution in [3.05, 3.63) is 0 Å². The minimum absolute atomic E-state index is 0.799. The maximum absolute atomic E-state index is 3.40. The number of rotatable bonds is 3. The zero-order valence-electron chi connectivity index (χ0n) is 8.77.